The molecule has 0 radical (unpaired) electrons. The first kappa shape index (κ1) is 13.7. The second-order valence-electron chi connectivity index (χ2n) is 5.30. The number of halogens is 1. The van der Waals surface area contributed by atoms with Gasteiger partial charge < -0.3 is 10.2 Å². The maximum atomic E-state index is 3.64. The third kappa shape index (κ3) is 2.89. The van der Waals surface area contributed by atoms with Crippen LogP contribution < -0.4 is 10.2 Å². The lowest BCUT2D eigenvalue weighted by Crippen LogP contribution is -2.34. The summed E-state index contributed by atoms with van der Waals surface area (Å²) in [4.78, 5) is 2.44. The molecular weight excluding hydrogens is 312 g/mol. The first-order valence-corrected chi connectivity index (χ1v) is 7.82. The normalized spacial score (nSPS) is 15.4. The van der Waals surface area contributed by atoms with E-state index >= 15 is 0 Å². The maximum Gasteiger partial charge on any atom is 0.0433 e. The first-order valence-electron chi connectivity index (χ1n) is 7.02. The summed E-state index contributed by atoms with van der Waals surface area (Å²) in [5.74, 6) is 0. The summed E-state index contributed by atoms with van der Waals surface area (Å²) in [5, 5.41) is 3.52. The van der Waals surface area contributed by atoms with E-state index in [0.29, 0.717) is 0 Å². The highest BCUT2D eigenvalue weighted by atomic mass is 79.9. The number of nitrogens with one attached hydrogen (secondary N) is 1. The third-order valence-corrected chi connectivity index (χ3v) is 4.73. The Balaban J connectivity index is 1.92. The van der Waals surface area contributed by atoms with Gasteiger partial charge in [0, 0.05) is 36.3 Å². The van der Waals surface area contributed by atoms with Crippen molar-refractivity contribution in [3.05, 3.63) is 63.6 Å². The molecule has 0 unspecified atom stereocenters. The molecule has 0 amide bonds. The molecule has 3 rings (SSSR count). The molecular formula is C17H19BrN2. The quantitative estimate of drug-likeness (QED) is 0.853. The van der Waals surface area contributed by atoms with Gasteiger partial charge in [0.1, 0.15) is 0 Å². The summed E-state index contributed by atoms with van der Waals surface area (Å²) in [7, 11) is 0. The molecule has 2 aromatic rings. The zero-order chi connectivity index (χ0) is 13.9. The largest absolute Gasteiger partial charge is 0.366 e. The molecule has 0 aromatic heterocycles. The fourth-order valence-electron chi connectivity index (χ4n) is 2.60. The number of hydrogen-bond donors (Lipinski definition) is 1. The molecule has 0 fully saturated rings. The van der Waals surface area contributed by atoms with Gasteiger partial charge in [0.2, 0.25) is 0 Å². The molecule has 0 atom stereocenters. The van der Waals surface area contributed by atoms with E-state index in [-0.39, 0.29) is 0 Å². The van der Waals surface area contributed by atoms with Crippen molar-refractivity contribution in [1.82, 2.24) is 5.32 Å². The number of fused-ring (bicyclic) bond motifs is 1. The van der Waals surface area contributed by atoms with Crippen LogP contribution in [0.4, 0.5) is 5.69 Å². The van der Waals surface area contributed by atoms with E-state index in [1.807, 2.05) is 0 Å². The highest BCUT2D eigenvalue weighted by Gasteiger charge is 2.13. The summed E-state index contributed by atoms with van der Waals surface area (Å²) >= 11 is 3.64. The van der Waals surface area contributed by atoms with Gasteiger partial charge in [-0.1, -0.05) is 46.3 Å². The number of anilines is 1. The zero-order valence-electron chi connectivity index (χ0n) is 11.7. The average molecular weight is 331 g/mol. The summed E-state index contributed by atoms with van der Waals surface area (Å²) in [5.41, 5.74) is 5.38. The highest BCUT2D eigenvalue weighted by Crippen LogP contribution is 2.25. The fraction of sp³-hybridized carbons (Fsp3) is 0.294. The average Bonchev–Trinajstić information content (AvgIpc) is 2.43. The van der Waals surface area contributed by atoms with Crippen LogP contribution in [0, 0.1) is 6.92 Å². The second kappa shape index (κ2) is 5.98. The summed E-state index contributed by atoms with van der Waals surface area (Å²) < 4.78 is 1.18. The third-order valence-electron chi connectivity index (χ3n) is 3.87. The summed E-state index contributed by atoms with van der Waals surface area (Å²) in [6.07, 6.45) is 0. The fourth-order valence-corrected chi connectivity index (χ4v) is 2.97. The van der Waals surface area contributed by atoms with Crippen LogP contribution in [0.15, 0.2) is 46.9 Å². The molecule has 0 spiro atoms. The smallest absolute Gasteiger partial charge is 0.0433 e. The van der Waals surface area contributed by atoms with Gasteiger partial charge in [0.05, 0.1) is 0 Å². The van der Waals surface area contributed by atoms with E-state index in [1.165, 1.54) is 26.9 Å². The van der Waals surface area contributed by atoms with Crippen molar-refractivity contribution in [2.75, 3.05) is 18.0 Å². The Morgan fingerprint density at radius 2 is 1.90 bits per heavy atom. The van der Waals surface area contributed by atoms with Crippen molar-refractivity contribution < 1.29 is 0 Å². The first-order chi connectivity index (χ1) is 9.74. The van der Waals surface area contributed by atoms with Crippen LogP contribution >= 0.6 is 15.9 Å². The van der Waals surface area contributed by atoms with Gasteiger partial charge in [-0.25, -0.2) is 0 Å². The molecule has 1 heterocycles. The molecule has 1 aliphatic heterocycles. The minimum Gasteiger partial charge on any atom is -0.366 e. The van der Waals surface area contributed by atoms with Crippen molar-refractivity contribution in [3.63, 3.8) is 0 Å². The lowest BCUT2D eigenvalue weighted by atomic mass is 10.1. The van der Waals surface area contributed by atoms with Crippen molar-refractivity contribution in [2.24, 2.45) is 0 Å². The van der Waals surface area contributed by atoms with E-state index in [9.17, 15) is 0 Å². The van der Waals surface area contributed by atoms with Crippen molar-refractivity contribution in [1.29, 1.82) is 0 Å². The molecule has 3 heteroatoms. The van der Waals surface area contributed by atoms with E-state index in [0.717, 1.165) is 26.2 Å². The molecule has 2 aromatic carbocycles. The molecule has 1 aliphatic rings. The Kier molecular flexibility index (Phi) is 4.08. The Labute approximate surface area is 128 Å². The van der Waals surface area contributed by atoms with Crippen LogP contribution in [0.1, 0.15) is 16.7 Å². The van der Waals surface area contributed by atoms with Gasteiger partial charge in [0.25, 0.3) is 0 Å². The number of benzene rings is 2. The standard InChI is InChI=1S/C17H19BrN2/c1-13-6-7-16(10-17(13)18)20-9-8-19-11-14-4-2-3-5-15(14)12-20/h2-7,10,19H,8-9,11-12H2,1H3. The highest BCUT2D eigenvalue weighted by molar-refractivity contribution is 9.10. The van der Waals surface area contributed by atoms with Gasteiger partial charge in [0.15, 0.2) is 0 Å². The Morgan fingerprint density at radius 3 is 2.70 bits per heavy atom. The molecule has 0 saturated heterocycles. The van der Waals surface area contributed by atoms with Crippen LogP contribution in [0.2, 0.25) is 0 Å². The predicted octanol–water partition coefficient (Wildman–Crippen LogP) is 3.87. The van der Waals surface area contributed by atoms with Crippen LogP contribution in [0.5, 0.6) is 0 Å². The van der Waals surface area contributed by atoms with E-state index < -0.39 is 0 Å². The molecule has 0 saturated carbocycles. The van der Waals surface area contributed by atoms with Crippen molar-refractivity contribution in [2.45, 2.75) is 20.0 Å². The monoisotopic (exact) mass is 330 g/mol. The van der Waals surface area contributed by atoms with Crippen molar-refractivity contribution in [3.8, 4) is 0 Å². The Morgan fingerprint density at radius 1 is 1.10 bits per heavy atom. The molecule has 20 heavy (non-hydrogen) atoms. The van der Waals surface area contributed by atoms with Crippen LogP contribution in [-0.4, -0.2) is 13.1 Å². The summed E-state index contributed by atoms with van der Waals surface area (Å²) in [6, 6.07) is 15.3. The molecule has 104 valence electrons. The van der Waals surface area contributed by atoms with E-state index in [1.54, 1.807) is 0 Å². The van der Waals surface area contributed by atoms with E-state index in [4.69, 9.17) is 0 Å². The maximum absolute atomic E-state index is 3.64. The van der Waals surface area contributed by atoms with Crippen LogP contribution in [-0.2, 0) is 13.1 Å². The van der Waals surface area contributed by atoms with Gasteiger partial charge in [-0.15, -0.1) is 0 Å². The lowest BCUT2D eigenvalue weighted by Gasteiger charge is -2.29. The van der Waals surface area contributed by atoms with Crippen molar-refractivity contribution >= 4 is 21.6 Å². The predicted molar refractivity (Wildman–Crippen MR) is 88.1 cm³/mol. The topological polar surface area (TPSA) is 15.3 Å². The molecule has 0 aliphatic carbocycles. The Hall–Kier alpha value is -1.32. The molecule has 0 bridgehead atoms. The van der Waals surface area contributed by atoms with Gasteiger partial charge in [-0.05, 0) is 35.7 Å². The molecule has 2 nitrogen and oxygen atoms in total. The number of nitrogens with zero attached hydrogens (tertiary/aromatic N) is 1. The number of rotatable bonds is 1. The SMILES string of the molecule is Cc1ccc(N2CCNCc3ccccc3C2)cc1Br. The van der Waals surface area contributed by atoms with E-state index in [2.05, 4.69) is 75.5 Å². The molecule has 1 N–H and O–H groups in total. The van der Waals surface area contributed by atoms with Crippen LogP contribution in [0.3, 0.4) is 0 Å². The zero-order valence-corrected chi connectivity index (χ0v) is 13.3. The minimum atomic E-state index is 0.974. The minimum absolute atomic E-state index is 0.974. The van der Waals surface area contributed by atoms with Crippen LogP contribution in [0.25, 0.3) is 0 Å². The number of hydrogen-bond acceptors (Lipinski definition) is 2. The summed E-state index contributed by atoms with van der Waals surface area (Å²) in [6.45, 7) is 6.12. The van der Waals surface area contributed by atoms with Gasteiger partial charge in [-0.3, -0.25) is 0 Å². The lowest BCUT2D eigenvalue weighted by molar-refractivity contribution is 0.631. The Bertz CT molecular complexity index is 610. The second-order valence-corrected chi connectivity index (χ2v) is 6.15. The van der Waals surface area contributed by atoms with Gasteiger partial charge in [-0.2, -0.15) is 0 Å². The van der Waals surface area contributed by atoms with Gasteiger partial charge >= 0.3 is 0 Å². The number of aryl methyl sites for hydroxylation is 1.